The topological polar surface area (TPSA) is 72.8 Å². The van der Waals surface area contributed by atoms with Gasteiger partial charge in [-0.1, -0.05) is 26.5 Å². The zero-order valence-corrected chi connectivity index (χ0v) is 11.3. The van der Waals surface area contributed by atoms with Gasteiger partial charge in [-0.2, -0.15) is 0 Å². The van der Waals surface area contributed by atoms with Gasteiger partial charge in [0.2, 0.25) is 0 Å². The second kappa shape index (κ2) is 11.9. The highest BCUT2D eigenvalue weighted by Gasteiger charge is 2.04. The van der Waals surface area contributed by atoms with Crippen LogP contribution in [-0.4, -0.2) is 29.9 Å². The molecule has 0 aliphatic carbocycles. The van der Waals surface area contributed by atoms with E-state index in [-0.39, 0.29) is 11.5 Å². The molecule has 0 aromatic rings. The van der Waals surface area contributed by atoms with Gasteiger partial charge in [0.25, 0.3) is 0 Å². The Balaban J connectivity index is 0. The largest absolute Gasteiger partial charge is 0.463 e. The molecule has 0 fully saturated rings. The number of carbonyl (C=O) groups excluding carboxylic acids is 2. The van der Waals surface area contributed by atoms with Gasteiger partial charge >= 0.3 is 11.9 Å². The number of esters is 2. The van der Waals surface area contributed by atoms with Crippen LogP contribution in [0.4, 0.5) is 0 Å². The van der Waals surface area contributed by atoms with Gasteiger partial charge in [0.15, 0.2) is 6.29 Å². The molecule has 5 heteroatoms. The summed E-state index contributed by atoms with van der Waals surface area (Å²) in [5.41, 5.74) is 0.288. The molecular formula is C13H22O5. The fourth-order valence-electron chi connectivity index (χ4n) is 0.632. The van der Waals surface area contributed by atoms with Crippen molar-refractivity contribution in [2.45, 2.75) is 39.9 Å². The van der Waals surface area contributed by atoms with Crippen molar-refractivity contribution in [1.29, 1.82) is 0 Å². The van der Waals surface area contributed by atoms with Crippen LogP contribution >= 0.6 is 0 Å². The summed E-state index contributed by atoms with van der Waals surface area (Å²) in [5, 5.41) is 8.49. The Morgan fingerprint density at radius 3 is 2.28 bits per heavy atom. The van der Waals surface area contributed by atoms with E-state index in [2.05, 4.69) is 22.6 Å². The smallest absolute Gasteiger partial charge is 0.335 e. The third kappa shape index (κ3) is 14.4. The molecule has 0 heterocycles. The molecule has 0 aromatic heterocycles. The molecule has 0 bridgehead atoms. The maximum atomic E-state index is 10.5. The first-order valence-corrected chi connectivity index (χ1v) is 5.68. The van der Waals surface area contributed by atoms with Crippen molar-refractivity contribution in [2.24, 2.45) is 0 Å². The fraction of sp³-hybridized carbons (Fsp3) is 0.538. The van der Waals surface area contributed by atoms with Crippen molar-refractivity contribution >= 4 is 11.9 Å². The quantitative estimate of drug-likeness (QED) is 0.341. The Labute approximate surface area is 108 Å². The molecular weight excluding hydrogens is 236 g/mol. The molecule has 1 atom stereocenters. The molecule has 0 aliphatic heterocycles. The van der Waals surface area contributed by atoms with Gasteiger partial charge < -0.3 is 14.6 Å². The SMILES string of the molecule is C=C(C)C(=O)OC(C)O.C=CC(=O)OCCCC. The normalized spacial score (nSPS) is 10.4. The molecule has 0 radical (unpaired) electrons. The van der Waals surface area contributed by atoms with E-state index in [1.165, 1.54) is 19.9 Å². The standard InChI is InChI=1S/C7H12O2.C6H10O3/c1-3-5-6-9-7(8)4-2;1-4(2)6(8)9-5(3)7/h4H,2-3,5-6H2,1H3;5,7H,1H2,2-3H3. The fourth-order valence-corrected chi connectivity index (χ4v) is 0.632. The lowest BCUT2D eigenvalue weighted by Gasteiger charge is -2.04. The van der Waals surface area contributed by atoms with E-state index >= 15 is 0 Å². The summed E-state index contributed by atoms with van der Waals surface area (Å²) in [6.45, 7) is 12.0. The van der Waals surface area contributed by atoms with E-state index in [1.807, 2.05) is 6.92 Å². The van der Waals surface area contributed by atoms with Crippen LogP contribution in [0.1, 0.15) is 33.6 Å². The molecule has 0 saturated carbocycles. The lowest BCUT2D eigenvalue weighted by molar-refractivity contribution is -0.159. The molecule has 0 spiro atoms. The molecule has 0 aromatic carbocycles. The van der Waals surface area contributed by atoms with Crippen LogP contribution in [0, 0.1) is 0 Å². The van der Waals surface area contributed by atoms with E-state index in [0.29, 0.717) is 6.61 Å². The van der Waals surface area contributed by atoms with Crippen LogP contribution in [-0.2, 0) is 19.1 Å². The summed E-state index contributed by atoms with van der Waals surface area (Å²) in [5.74, 6) is -0.895. The Morgan fingerprint density at radius 2 is 2.00 bits per heavy atom. The van der Waals surface area contributed by atoms with Gasteiger partial charge in [-0.15, -0.1) is 0 Å². The van der Waals surface area contributed by atoms with Gasteiger partial charge in [-0.05, 0) is 20.3 Å². The van der Waals surface area contributed by atoms with Crippen LogP contribution in [0.3, 0.4) is 0 Å². The number of carbonyl (C=O) groups is 2. The highest BCUT2D eigenvalue weighted by molar-refractivity contribution is 5.86. The molecule has 104 valence electrons. The highest BCUT2D eigenvalue weighted by Crippen LogP contribution is 1.94. The number of aliphatic hydroxyl groups excluding tert-OH is 1. The molecule has 1 N–H and O–H groups in total. The minimum atomic E-state index is -1.05. The summed E-state index contributed by atoms with van der Waals surface area (Å²) < 4.78 is 9.00. The molecule has 0 amide bonds. The van der Waals surface area contributed by atoms with Crippen molar-refractivity contribution < 1.29 is 24.2 Å². The predicted octanol–water partition coefficient (Wildman–Crippen LogP) is 1.96. The van der Waals surface area contributed by atoms with Crippen molar-refractivity contribution in [2.75, 3.05) is 6.61 Å². The first-order chi connectivity index (χ1) is 8.34. The van der Waals surface area contributed by atoms with Crippen LogP contribution in [0.25, 0.3) is 0 Å². The third-order valence-electron chi connectivity index (χ3n) is 1.53. The Morgan fingerprint density at radius 1 is 1.44 bits per heavy atom. The Bertz CT molecular complexity index is 281. The van der Waals surface area contributed by atoms with E-state index in [1.54, 1.807) is 0 Å². The lowest BCUT2D eigenvalue weighted by Crippen LogP contribution is -2.13. The summed E-state index contributed by atoms with van der Waals surface area (Å²) in [7, 11) is 0. The maximum Gasteiger partial charge on any atom is 0.335 e. The van der Waals surface area contributed by atoms with Crippen molar-refractivity contribution in [3.63, 3.8) is 0 Å². The van der Waals surface area contributed by atoms with E-state index in [9.17, 15) is 9.59 Å². The minimum Gasteiger partial charge on any atom is -0.463 e. The molecule has 18 heavy (non-hydrogen) atoms. The first kappa shape index (κ1) is 18.7. The molecule has 1 unspecified atom stereocenters. The number of rotatable bonds is 6. The summed E-state index contributed by atoms with van der Waals surface area (Å²) in [4.78, 5) is 20.8. The number of unbranched alkanes of at least 4 members (excludes halogenated alkanes) is 1. The zero-order valence-electron chi connectivity index (χ0n) is 11.3. The van der Waals surface area contributed by atoms with Crippen LogP contribution in [0.5, 0.6) is 0 Å². The van der Waals surface area contributed by atoms with Crippen LogP contribution in [0.15, 0.2) is 24.8 Å². The minimum absolute atomic E-state index is 0.288. The lowest BCUT2D eigenvalue weighted by atomic mass is 10.4. The molecule has 0 aliphatic rings. The second-order valence-electron chi connectivity index (χ2n) is 3.51. The number of hydrogen-bond acceptors (Lipinski definition) is 5. The summed E-state index contributed by atoms with van der Waals surface area (Å²) in [6, 6.07) is 0. The van der Waals surface area contributed by atoms with Gasteiger partial charge in [0, 0.05) is 11.6 Å². The average Bonchev–Trinajstić information content (AvgIpc) is 2.29. The van der Waals surface area contributed by atoms with Crippen molar-refractivity contribution in [1.82, 2.24) is 0 Å². The van der Waals surface area contributed by atoms with Gasteiger partial charge in [-0.3, -0.25) is 0 Å². The second-order valence-corrected chi connectivity index (χ2v) is 3.51. The Kier molecular flexibility index (Phi) is 12.3. The van der Waals surface area contributed by atoms with Crippen LogP contribution < -0.4 is 0 Å². The van der Waals surface area contributed by atoms with Crippen molar-refractivity contribution in [3.05, 3.63) is 24.8 Å². The van der Waals surface area contributed by atoms with E-state index in [4.69, 9.17) is 5.11 Å². The third-order valence-corrected chi connectivity index (χ3v) is 1.53. The number of aliphatic hydroxyl groups is 1. The van der Waals surface area contributed by atoms with Gasteiger partial charge in [0.1, 0.15) is 0 Å². The average molecular weight is 258 g/mol. The van der Waals surface area contributed by atoms with E-state index < -0.39 is 12.3 Å². The van der Waals surface area contributed by atoms with E-state index in [0.717, 1.165) is 12.8 Å². The summed E-state index contributed by atoms with van der Waals surface area (Å²) in [6.07, 6.45) is 2.11. The summed E-state index contributed by atoms with van der Waals surface area (Å²) >= 11 is 0. The van der Waals surface area contributed by atoms with Gasteiger partial charge in [0.05, 0.1) is 6.61 Å². The molecule has 5 nitrogen and oxygen atoms in total. The predicted molar refractivity (Wildman–Crippen MR) is 68.7 cm³/mol. The van der Waals surface area contributed by atoms with Gasteiger partial charge in [-0.25, -0.2) is 9.59 Å². The maximum absolute atomic E-state index is 10.5. The molecule has 0 saturated heterocycles. The van der Waals surface area contributed by atoms with Crippen molar-refractivity contribution in [3.8, 4) is 0 Å². The first-order valence-electron chi connectivity index (χ1n) is 5.68. The number of ether oxygens (including phenoxy) is 2. The number of hydrogen-bond donors (Lipinski definition) is 1. The monoisotopic (exact) mass is 258 g/mol. The van der Waals surface area contributed by atoms with Crippen LogP contribution in [0.2, 0.25) is 0 Å². The zero-order chi connectivity index (χ0) is 14.6. The molecule has 0 rings (SSSR count). The Hall–Kier alpha value is -1.62. The highest BCUT2D eigenvalue weighted by atomic mass is 16.6.